The Balaban J connectivity index is 2.25. The minimum atomic E-state index is -0.839. The van der Waals surface area contributed by atoms with Gasteiger partial charge in [0.2, 0.25) is 0 Å². The van der Waals surface area contributed by atoms with Crippen molar-refractivity contribution < 1.29 is 19.5 Å². The zero-order chi connectivity index (χ0) is 17.1. The molecule has 1 aromatic rings. The minimum Gasteiger partial charge on any atom is -0.481 e. The van der Waals surface area contributed by atoms with Crippen LogP contribution < -0.4 is 0 Å². The first-order chi connectivity index (χ1) is 10.8. The summed E-state index contributed by atoms with van der Waals surface area (Å²) in [5.74, 6) is -1.03. The van der Waals surface area contributed by atoms with Gasteiger partial charge in [0.25, 0.3) is 5.91 Å². The van der Waals surface area contributed by atoms with E-state index in [0.717, 1.165) is 19.3 Å². The Morgan fingerprint density at radius 1 is 1.26 bits per heavy atom. The number of aromatic nitrogens is 1. The van der Waals surface area contributed by atoms with Gasteiger partial charge in [-0.25, -0.2) is 0 Å². The van der Waals surface area contributed by atoms with E-state index in [0.29, 0.717) is 35.5 Å². The average molecular weight is 320 g/mol. The van der Waals surface area contributed by atoms with Gasteiger partial charge in [-0.15, -0.1) is 0 Å². The first-order valence-electron chi connectivity index (χ1n) is 8.05. The predicted molar refractivity (Wildman–Crippen MR) is 85.8 cm³/mol. The van der Waals surface area contributed by atoms with Crippen LogP contribution in [0.3, 0.4) is 0 Å². The van der Waals surface area contributed by atoms with Crippen molar-refractivity contribution in [1.82, 2.24) is 9.88 Å². The van der Waals surface area contributed by atoms with Crippen molar-refractivity contribution in [3.05, 3.63) is 22.5 Å². The number of hydrogen-bond acceptors (Lipinski definition) is 3. The Bertz CT molecular complexity index is 633. The second-order valence-electron chi connectivity index (χ2n) is 6.26. The molecular formula is C17H24N2O4. The van der Waals surface area contributed by atoms with E-state index < -0.39 is 5.97 Å². The second kappa shape index (κ2) is 6.98. The standard InChI is InChI=1S/C17H24N2O4/c1-10-15(12(3)20)11(2)18-16(10)17(23)19-9-5-4-6-13(19)7-8-14(21)22/h13,18H,4-9H2,1-3H3,(H,21,22). The Morgan fingerprint density at radius 3 is 2.52 bits per heavy atom. The molecule has 1 atom stereocenters. The fourth-order valence-electron chi connectivity index (χ4n) is 3.49. The highest BCUT2D eigenvalue weighted by Crippen LogP contribution is 2.26. The van der Waals surface area contributed by atoms with E-state index in [1.54, 1.807) is 18.7 Å². The SMILES string of the molecule is CC(=O)c1c(C)[nH]c(C(=O)N2CCCCC2CCC(=O)O)c1C. The molecule has 2 heterocycles. The van der Waals surface area contributed by atoms with Crippen molar-refractivity contribution in [2.45, 2.75) is 58.9 Å². The summed E-state index contributed by atoms with van der Waals surface area (Å²) in [6.07, 6.45) is 3.30. The van der Waals surface area contributed by atoms with Crippen LogP contribution in [0.1, 0.15) is 71.1 Å². The smallest absolute Gasteiger partial charge is 0.303 e. The molecule has 2 rings (SSSR count). The number of nitrogens with zero attached hydrogens (tertiary/aromatic N) is 1. The van der Waals surface area contributed by atoms with E-state index in [1.807, 2.05) is 0 Å². The molecule has 1 aliphatic rings. The number of Topliss-reactive ketones (excluding diaryl/α,β-unsaturated/α-hetero) is 1. The molecule has 126 valence electrons. The highest BCUT2D eigenvalue weighted by molar-refractivity contribution is 6.02. The molecule has 1 unspecified atom stereocenters. The fraction of sp³-hybridized carbons (Fsp3) is 0.588. The number of piperidine rings is 1. The molecule has 1 fully saturated rings. The van der Waals surface area contributed by atoms with E-state index in [-0.39, 0.29) is 24.2 Å². The molecule has 1 aromatic heterocycles. The van der Waals surface area contributed by atoms with E-state index in [2.05, 4.69) is 4.98 Å². The van der Waals surface area contributed by atoms with Crippen molar-refractivity contribution in [3.63, 3.8) is 0 Å². The van der Waals surface area contributed by atoms with Gasteiger partial charge in [-0.3, -0.25) is 14.4 Å². The third-order valence-electron chi connectivity index (χ3n) is 4.58. The molecule has 1 saturated heterocycles. The summed E-state index contributed by atoms with van der Waals surface area (Å²) in [6, 6.07) is -0.0452. The van der Waals surface area contributed by atoms with E-state index in [4.69, 9.17) is 5.11 Å². The molecule has 6 heteroatoms. The van der Waals surface area contributed by atoms with Crippen molar-refractivity contribution >= 4 is 17.7 Å². The topological polar surface area (TPSA) is 90.5 Å². The van der Waals surface area contributed by atoms with Gasteiger partial charge in [0.1, 0.15) is 5.69 Å². The quantitative estimate of drug-likeness (QED) is 0.816. The predicted octanol–water partition coefficient (Wildman–Crippen LogP) is 2.69. The summed E-state index contributed by atoms with van der Waals surface area (Å²) < 4.78 is 0. The van der Waals surface area contributed by atoms with Gasteiger partial charge >= 0.3 is 5.97 Å². The van der Waals surface area contributed by atoms with Crippen LogP contribution in [0.2, 0.25) is 0 Å². The lowest BCUT2D eigenvalue weighted by molar-refractivity contribution is -0.137. The molecule has 0 aromatic carbocycles. The summed E-state index contributed by atoms with van der Waals surface area (Å²) in [4.78, 5) is 40.3. The monoisotopic (exact) mass is 320 g/mol. The Morgan fingerprint density at radius 2 is 1.96 bits per heavy atom. The maximum Gasteiger partial charge on any atom is 0.303 e. The molecule has 23 heavy (non-hydrogen) atoms. The average Bonchev–Trinajstić information content (AvgIpc) is 2.79. The highest BCUT2D eigenvalue weighted by Gasteiger charge is 2.30. The first kappa shape index (κ1) is 17.2. The molecule has 2 N–H and O–H groups in total. The molecular weight excluding hydrogens is 296 g/mol. The van der Waals surface area contributed by atoms with Crippen molar-refractivity contribution in [3.8, 4) is 0 Å². The number of aromatic amines is 1. The normalized spacial score (nSPS) is 18.0. The van der Waals surface area contributed by atoms with Crippen LogP contribution in [0.15, 0.2) is 0 Å². The van der Waals surface area contributed by atoms with Gasteiger partial charge in [-0.1, -0.05) is 0 Å². The molecule has 1 aliphatic heterocycles. The lowest BCUT2D eigenvalue weighted by Gasteiger charge is -2.35. The van der Waals surface area contributed by atoms with Crippen LogP contribution in [0.25, 0.3) is 0 Å². The maximum absolute atomic E-state index is 12.9. The highest BCUT2D eigenvalue weighted by atomic mass is 16.4. The number of carboxylic acid groups (broad SMARTS) is 1. The van der Waals surface area contributed by atoms with Gasteiger partial charge in [-0.05, 0) is 52.0 Å². The summed E-state index contributed by atoms with van der Waals surface area (Å²) in [5.41, 5.74) is 2.42. The lowest BCUT2D eigenvalue weighted by Crippen LogP contribution is -2.44. The lowest BCUT2D eigenvalue weighted by atomic mass is 9.97. The van der Waals surface area contributed by atoms with Crippen molar-refractivity contribution in [1.29, 1.82) is 0 Å². The van der Waals surface area contributed by atoms with E-state index in [1.165, 1.54) is 6.92 Å². The number of carbonyl (C=O) groups excluding carboxylic acids is 2. The molecule has 0 saturated carbocycles. The number of carbonyl (C=O) groups is 3. The van der Waals surface area contributed by atoms with E-state index >= 15 is 0 Å². The Labute approximate surface area is 135 Å². The van der Waals surface area contributed by atoms with Crippen LogP contribution >= 0.6 is 0 Å². The van der Waals surface area contributed by atoms with Gasteiger partial charge in [0, 0.05) is 30.3 Å². The van der Waals surface area contributed by atoms with Gasteiger partial charge in [0.15, 0.2) is 5.78 Å². The summed E-state index contributed by atoms with van der Waals surface area (Å²) in [6.45, 7) is 5.70. The van der Waals surface area contributed by atoms with Crippen LogP contribution in [0.4, 0.5) is 0 Å². The summed E-state index contributed by atoms with van der Waals surface area (Å²) >= 11 is 0. The number of aliphatic carboxylic acids is 1. The third kappa shape index (κ3) is 3.63. The number of H-pyrrole nitrogens is 1. The number of aryl methyl sites for hydroxylation is 1. The Hall–Kier alpha value is -2.11. The molecule has 0 bridgehead atoms. The largest absolute Gasteiger partial charge is 0.481 e. The summed E-state index contributed by atoms with van der Waals surface area (Å²) in [5, 5.41) is 8.88. The molecule has 6 nitrogen and oxygen atoms in total. The number of likely N-dealkylation sites (tertiary alicyclic amines) is 1. The number of hydrogen-bond donors (Lipinski definition) is 2. The van der Waals surface area contributed by atoms with Crippen LogP contribution in [0, 0.1) is 13.8 Å². The molecule has 0 radical (unpaired) electrons. The molecule has 0 aliphatic carbocycles. The number of rotatable bonds is 5. The number of nitrogens with one attached hydrogen (secondary N) is 1. The van der Waals surface area contributed by atoms with Crippen molar-refractivity contribution in [2.24, 2.45) is 0 Å². The maximum atomic E-state index is 12.9. The van der Waals surface area contributed by atoms with Gasteiger partial charge < -0.3 is 15.0 Å². The number of carboxylic acids is 1. The summed E-state index contributed by atoms with van der Waals surface area (Å²) in [7, 11) is 0. The van der Waals surface area contributed by atoms with Crippen LogP contribution in [0.5, 0.6) is 0 Å². The third-order valence-corrected chi connectivity index (χ3v) is 4.58. The van der Waals surface area contributed by atoms with E-state index in [9.17, 15) is 14.4 Å². The van der Waals surface area contributed by atoms with Crippen LogP contribution in [-0.2, 0) is 4.79 Å². The Kier molecular flexibility index (Phi) is 5.23. The molecule has 1 amide bonds. The van der Waals surface area contributed by atoms with Crippen molar-refractivity contribution in [2.75, 3.05) is 6.54 Å². The number of ketones is 1. The first-order valence-corrected chi connectivity index (χ1v) is 8.05. The zero-order valence-corrected chi connectivity index (χ0v) is 13.9. The number of amides is 1. The van der Waals surface area contributed by atoms with Gasteiger partial charge in [-0.2, -0.15) is 0 Å². The molecule has 0 spiro atoms. The van der Waals surface area contributed by atoms with Gasteiger partial charge in [0.05, 0.1) is 0 Å². The fourth-order valence-corrected chi connectivity index (χ4v) is 3.49. The minimum absolute atomic E-state index is 0.0452. The van der Waals surface area contributed by atoms with Crippen LogP contribution in [-0.4, -0.2) is 45.2 Å². The zero-order valence-electron chi connectivity index (χ0n) is 13.9. The second-order valence-corrected chi connectivity index (χ2v) is 6.26.